The van der Waals surface area contributed by atoms with Crippen molar-refractivity contribution >= 4 is 96.7 Å². The first-order valence-electron chi connectivity index (χ1n) is 30.7. The molecule has 3 aliphatic rings. The summed E-state index contributed by atoms with van der Waals surface area (Å²) < 4.78 is 7.67. The minimum atomic E-state index is 0.436. The maximum absolute atomic E-state index is 5.99. The average Bonchev–Trinajstić information content (AvgIpc) is 1.33. The van der Waals surface area contributed by atoms with Crippen molar-refractivity contribution in [1.29, 1.82) is 0 Å². The van der Waals surface area contributed by atoms with Crippen LogP contribution in [0, 0.1) is 13.8 Å². The molecule has 3 aromatic carbocycles. The highest BCUT2D eigenvalue weighted by Gasteiger charge is 2.22. The molecule has 3 saturated heterocycles. The van der Waals surface area contributed by atoms with Gasteiger partial charge in [-0.05, 0) is 127 Å². The molecule has 7 aromatic heterocycles. The molecule has 25 nitrogen and oxygen atoms in total. The van der Waals surface area contributed by atoms with E-state index < -0.39 is 0 Å². The van der Waals surface area contributed by atoms with Crippen LogP contribution < -0.4 is 52.0 Å². The molecule has 91 heavy (non-hydrogen) atoms. The van der Waals surface area contributed by atoms with Gasteiger partial charge < -0.3 is 60.0 Å². The highest BCUT2D eigenvalue weighted by Crippen LogP contribution is 2.32. The number of pyridine rings is 3. The molecule has 0 bridgehead atoms. The Labute approximate surface area is 535 Å². The van der Waals surface area contributed by atoms with Crippen LogP contribution in [0.4, 0.5) is 51.6 Å². The Morgan fingerprint density at radius 2 is 1.05 bits per heavy atom. The number of ether oxygens (including phenoxy) is 1. The van der Waals surface area contributed by atoms with E-state index in [2.05, 4.69) is 133 Å². The minimum absolute atomic E-state index is 0.436. The number of piperazine rings is 3. The van der Waals surface area contributed by atoms with E-state index in [4.69, 9.17) is 47.1 Å². The fraction of sp³-hybridized carbons (Fsp3) is 0.338. The number of aryl methyl sites for hydroxylation is 3. The summed E-state index contributed by atoms with van der Waals surface area (Å²) in [6, 6.07) is 29.3. The van der Waals surface area contributed by atoms with Crippen molar-refractivity contribution in [1.82, 2.24) is 85.1 Å². The molecule has 0 radical (unpaired) electrons. The molecular weight excluding hydrogens is 1170 g/mol. The number of likely N-dealkylation sites (N-methyl/N-ethyl adjacent to an activating group) is 3. The molecule has 472 valence electrons. The number of nitrogens with two attached hydrogens (primary N) is 1. The zero-order valence-electron chi connectivity index (χ0n) is 52.7. The molecule has 0 aliphatic carbocycles. The monoisotopic (exact) mass is 1250 g/mol. The first-order valence-corrected chi connectivity index (χ1v) is 31.1. The minimum Gasteiger partial charge on any atom is -0.442 e. The van der Waals surface area contributed by atoms with E-state index >= 15 is 0 Å². The van der Waals surface area contributed by atoms with Gasteiger partial charge >= 0.3 is 0 Å². The molecule has 0 atom stereocenters. The van der Waals surface area contributed by atoms with Gasteiger partial charge in [-0.25, -0.2) is 44.9 Å². The summed E-state index contributed by atoms with van der Waals surface area (Å²) in [5, 5.41) is 22.1. The van der Waals surface area contributed by atoms with Crippen LogP contribution in [0.2, 0.25) is 5.02 Å². The lowest BCUT2D eigenvalue weighted by Crippen LogP contribution is -2.46. The van der Waals surface area contributed by atoms with Crippen molar-refractivity contribution < 1.29 is 4.74 Å². The second-order valence-electron chi connectivity index (χ2n) is 22.6. The highest BCUT2D eigenvalue weighted by atomic mass is 35.5. The van der Waals surface area contributed by atoms with Crippen LogP contribution in [0.15, 0.2) is 128 Å². The average molecular weight is 1250 g/mol. The number of hydrazine groups is 1. The van der Waals surface area contributed by atoms with E-state index in [1.165, 1.54) is 0 Å². The molecule has 26 heteroatoms. The van der Waals surface area contributed by atoms with Crippen LogP contribution in [0.25, 0.3) is 44.9 Å². The second kappa shape index (κ2) is 29.4. The third kappa shape index (κ3) is 15.9. The number of benzene rings is 3. The smallest absolute Gasteiger partial charge is 0.185 e. The molecule has 0 saturated carbocycles. The Morgan fingerprint density at radius 1 is 0.571 bits per heavy atom. The van der Waals surface area contributed by atoms with Gasteiger partial charge in [0.2, 0.25) is 0 Å². The first kappa shape index (κ1) is 63.1. The Balaban J connectivity index is 0.000000141. The normalized spacial score (nSPS) is 14.8. The van der Waals surface area contributed by atoms with Crippen LogP contribution in [-0.2, 0) is 13.1 Å². The number of hydrogen-bond acceptors (Lipinski definition) is 24. The Hall–Kier alpha value is -9.50. The maximum atomic E-state index is 5.99. The lowest BCUT2D eigenvalue weighted by atomic mass is 10.2. The summed E-state index contributed by atoms with van der Waals surface area (Å²) in [5.74, 6) is 10.2. The molecule has 0 unspecified atom stereocenters. The van der Waals surface area contributed by atoms with E-state index in [1.807, 2.05) is 116 Å². The fourth-order valence-corrected chi connectivity index (χ4v) is 10.9. The van der Waals surface area contributed by atoms with Gasteiger partial charge in [0.05, 0.1) is 47.9 Å². The number of fused-ring (bicyclic) bond motifs is 3. The van der Waals surface area contributed by atoms with Gasteiger partial charge in [-0.1, -0.05) is 24.6 Å². The van der Waals surface area contributed by atoms with Crippen molar-refractivity contribution in [3.8, 4) is 17.1 Å². The van der Waals surface area contributed by atoms with Gasteiger partial charge in [0.1, 0.15) is 46.1 Å². The lowest BCUT2D eigenvalue weighted by Gasteiger charge is -2.34. The van der Waals surface area contributed by atoms with E-state index in [-0.39, 0.29) is 0 Å². The summed E-state index contributed by atoms with van der Waals surface area (Å²) in [4.78, 5) is 56.4. The van der Waals surface area contributed by atoms with Crippen molar-refractivity contribution in [3.63, 3.8) is 0 Å². The Morgan fingerprint density at radius 3 is 1.55 bits per heavy atom. The predicted molar refractivity (Wildman–Crippen MR) is 364 cm³/mol. The quantitative estimate of drug-likeness (QED) is 0.0283. The van der Waals surface area contributed by atoms with Crippen molar-refractivity contribution in [2.45, 2.75) is 40.8 Å². The van der Waals surface area contributed by atoms with Gasteiger partial charge in [0, 0.05) is 137 Å². The zero-order valence-corrected chi connectivity index (χ0v) is 53.5. The van der Waals surface area contributed by atoms with Crippen LogP contribution in [0.1, 0.15) is 30.9 Å². The Kier molecular flexibility index (Phi) is 20.4. The number of halogens is 1. The largest absolute Gasteiger partial charge is 0.442 e. The predicted octanol–water partition coefficient (Wildman–Crippen LogP) is 8.53. The van der Waals surface area contributed by atoms with E-state index in [0.29, 0.717) is 45.7 Å². The van der Waals surface area contributed by atoms with Crippen molar-refractivity contribution in [3.05, 3.63) is 150 Å². The van der Waals surface area contributed by atoms with E-state index in [9.17, 15) is 0 Å². The molecular formula is C65H79ClN24O. The lowest BCUT2D eigenvalue weighted by molar-refractivity contribution is 0.270. The standard InChI is InChI=1S/C24H29N9.C22H27N7O.C19H23ClN8/c1-4-31-10-12-33(13-11-31)21-15-25-22-20(14-17(3)27-23(22)29-21)28-19-8-6-18(7-9-19)24-30-26-16-32(24)5-2;1-15-12-19(26-17-6-5-7-18(13-17)30-16(2)23-3)21-22(25-15)27-20(14-24-21)29-10-8-28(4)9-11-29;1-27-6-8-28(9-7-27)17-12-22-18-16(24-14-4-2-13(20)3-5-14)10-15(11-23-21)25-19(18)26-17/h6-9,14-16H,4-5,10-13H2,1-3H3,(H,27,28,29);5-7,12-14,23H,2,8-11H2,1,3-4H3,(H,25,26,27);2-5,10,12,23H,6-9,11,21H2,1H3,(H,24,25,26). The molecule has 10 heterocycles. The van der Waals surface area contributed by atoms with Gasteiger partial charge in [0.15, 0.2) is 28.6 Å². The van der Waals surface area contributed by atoms with E-state index in [0.717, 1.165) is 183 Å². The summed E-state index contributed by atoms with van der Waals surface area (Å²) in [5.41, 5.74) is 15.7. The van der Waals surface area contributed by atoms with Gasteiger partial charge in [-0.3, -0.25) is 11.3 Å². The number of anilines is 9. The topological polar surface area (TPSA) is 262 Å². The van der Waals surface area contributed by atoms with E-state index in [1.54, 1.807) is 13.4 Å². The molecule has 3 aliphatic heterocycles. The highest BCUT2D eigenvalue weighted by molar-refractivity contribution is 6.30. The summed E-state index contributed by atoms with van der Waals surface area (Å²) in [6.07, 6.45) is 7.28. The molecule has 13 rings (SSSR count). The molecule has 3 fully saturated rings. The summed E-state index contributed by atoms with van der Waals surface area (Å²) in [7, 11) is 6.04. The van der Waals surface area contributed by atoms with Crippen LogP contribution in [0.3, 0.4) is 0 Å². The number of aromatic nitrogens is 12. The van der Waals surface area contributed by atoms with Crippen LogP contribution in [-0.4, -0.2) is 181 Å². The van der Waals surface area contributed by atoms with Crippen molar-refractivity contribution in [2.75, 3.05) is 137 Å². The maximum Gasteiger partial charge on any atom is 0.185 e. The zero-order chi connectivity index (χ0) is 63.4. The number of nitrogens with zero attached hydrogens (tertiary/aromatic N) is 18. The molecule has 7 N–H and O–H groups in total. The third-order valence-corrected chi connectivity index (χ3v) is 16.3. The second-order valence-corrected chi connectivity index (χ2v) is 23.0. The number of nitrogens with one attached hydrogen (secondary N) is 5. The summed E-state index contributed by atoms with van der Waals surface area (Å²) >= 11 is 5.99. The van der Waals surface area contributed by atoms with Crippen molar-refractivity contribution in [2.24, 2.45) is 5.84 Å². The van der Waals surface area contributed by atoms with Gasteiger partial charge in [-0.2, -0.15) is 0 Å². The third-order valence-electron chi connectivity index (χ3n) is 16.0. The SMILES string of the molecule is C=C(NC)Oc1cccc(Nc2cc(C)nc3nc(N4CCN(C)CC4)cnc23)c1.CCN1CCN(c2cnc3c(Nc4ccc(-c5nncn5CC)cc4)cc(C)nc3n2)CC1.CN1CCN(c2cnc3c(Nc4ccc(Cl)cc4)cc(CNN)nc3n2)CC1. The summed E-state index contributed by atoms with van der Waals surface area (Å²) in [6.45, 7) is 26.2. The van der Waals surface area contributed by atoms with Crippen LogP contribution in [0.5, 0.6) is 5.75 Å². The number of rotatable bonds is 17. The molecule has 10 aromatic rings. The first-order chi connectivity index (χ1) is 44.3. The Bertz CT molecular complexity index is 4090. The van der Waals surface area contributed by atoms with Gasteiger partial charge in [-0.15, -0.1) is 10.2 Å². The number of hydrogen-bond donors (Lipinski definition) is 6. The van der Waals surface area contributed by atoms with Crippen LogP contribution >= 0.6 is 11.6 Å². The van der Waals surface area contributed by atoms with Gasteiger partial charge in [0.25, 0.3) is 0 Å². The molecule has 0 amide bonds. The fourth-order valence-electron chi connectivity index (χ4n) is 10.8. The molecule has 0 spiro atoms.